The second-order valence-corrected chi connectivity index (χ2v) is 4.05. The van der Waals surface area contributed by atoms with Crippen molar-refractivity contribution >= 4 is 17.2 Å². The predicted octanol–water partition coefficient (Wildman–Crippen LogP) is 2.92. The summed E-state index contributed by atoms with van der Waals surface area (Å²) >= 11 is 0. The van der Waals surface area contributed by atoms with Crippen LogP contribution in [-0.4, -0.2) is 11.3 Å². The smallest absolute Gasteiger partial charge is 0.150 e. The van der Waals surface area contributed by atoms with E-state index in [9.17, 15) is 4.79 Å². The molecule has 2 heteroatoms. The molecule has 1 heterocycles. The number of aldehydes is 1. The van der Waals surface area contributed by atoms with E-state index in [2.05, 4.69) is 4.98 Å². The average Bonchev–Trinajstić information content (AvgIpc) is 3.11. The maximum absolute atomic E-state index is 11.0. The van der Waals surface area contributed by atoms with E-state index >= 15 is 0 Å². The van der Waals surface area contributed by atoms with Crippen molar-refractivity contribution < 1.29 is 4.79 Å². The summed E-state index contributed by atoms with van der Waals surface area (Å²) in [4.78, 5) is 15.6. The van der Waals surface area contributed by atoms with Crippen LogP contribution in [0.4, 0.5) is 0 Å². The van der Waals surface area contributed by atoms with Crippen LogP contribution in [0.1, 0.15) is 34.8 Å². The highest BCUT2D eigenvalue weighted by Gasteiger charge is 2.25. The Morgan fingerprint density at radius 2 is 2.07 bits per heavy atom. The van der Waals surface area contributed by atoms with Crippen LogP contribution in [0.5, 0.6) is 0 Å². The Kier molecular flexibility index (Phi) is 1.81. The van der Waals surface area contributed by atoms with Crippen LogP contribution in [0, 0.1) is 0 Å². The van der Waals surface area contributed by atoms with Gasteiger partial charge in [-0.05, 0) is 25.0 Å². The number of rotatable bonds is 2. The molecular weight excluding hydrogens is 186 g/mol. The molecular formula is C13H11NO. The third-order valence-corrected chi connectivity index (χ3v) is 2.89. The summed E-state index contributed by atoms with van der Waals surface area (Å²) in [6, 6.07) is 9.75. The Balaban J connectivity index is 2.29. The quantitative estimate of drug-likeness (QED) is 0.693. The third-order valence-electron chi connectivity index (χ3n) is 2.89. The summed E-state index contributed by atoms with van der Waals surface area (Å²) in [6.07, 6.45) is 3.35. The SMILES string of the molecule is O=Cc1cc(C2CC2)nc2ccccc12. The fraction of sp³-hybridized carbons (Fsp3) is 0.231. The van der Waals surface area contributed by atoms with Gasteiger partial charge >= 0.3 is 0 Å². The molecule has 0 radical (unpaired) electrons. The molecule has 1 fully saturated rings. The van der Waals surface area contributed by atoms with Gasteiger partial charge in [0.25, 0.3) is 0 Å². The molecule has 0 aliphatic heterocycles. The molecule has 15 heavy (non-hydrogen) atoms. The number of benzene rings is 1. The standard InChI is InChI=1S/C13H11NO/c15-8-10-7-13(9-5-6-9)14-12-4-2-1-3-11(10)12/h1-4,7-9H,5-6H2. The van der Waals surface area contributed by atoms with Gasteiger partial charge in [0.1, 0.15) is 0 Å². The number of para-hydroxylation sites is 1. The fourth-order valence-corrected chi connectivity index (χ4v) is 1.91. The normalized spacial score (nSPS) is 15.5. The van der Waals surface area contributed by atoms with Gasteiger partial charge in [0.2, 0.25) is 0 Å². The van der Waals surface area contributed by atoms with E-state index in [4.69, 9.17) is 0 Å². The van der Waals surface area contributed by atoms with Gasteiger partial charge in [-0.2, -0.15) is 0 Å². The van der Waals surface area contributed by atoms with Gasteiger partial charge in [-0.15, -0.1) is 0 Å². The summed E-state index contributed by atoms with van der Waals surface area (Å²) in [5.41, 5.74) is 2.78. The molecule has 0 saturated heterocycles. The predicted molar refractivity (Wildman–Crippen MR) is 59.1 cm³/mol. The second kappa shape index (κ2) is 3.16. The van der Waals surface area contributed by atoms with E-state index in [0.717, 1.165) is 28.4 Å². The van der Waals surface area contributed by atoms with Crippen molar-refractivity contribution in [3.05, 3.63) is 41.6 Å². The lowest BCUT2D eigenvalue weighted by Crippen LogP contribution is -1.92. The van der Waals surface area contributed by atoms with Gasteiger partial charge < -0.3 is 0 Å². The van der Waals surface area contributed by atoms with E-state index in [-0.39, 0.29) is 0 Å². The minimum atomic E-state index is 0.591. The van der Waals surface area contributed by atoms with Gasteiger partial charge in [0.15, 0.2) is 6.29 Å². The molecule has 1 aromatic carbocycles. The molecule has 0 atom stereocenters. The minimum Gasteiger partial charge on any atom is -0.298 e. The summed E-state index contributed by atoms with van der Waals surface area (Å²) in [5.74, 6) is 0.591. The molecule has 0 spiro atoms. The van der Waals surface area contributed by atoms with Crippen LogP contribution in [-0.2, 0) is 0 Å². The Labute approximate surface area is 87.9 Å². The van der Waals surface area contributed by atoms with Gasteiger partial charge in [-0.1, -0.05) is 18.2 Å². The van der Waals surface area contributed by atoms with Crippen LogP contribution in [0.15, 0.2) is 30.3 Å². The largest absolute Gasteiger partial charge is 0.298 e. The number of hydrogen-bond donors (Lipinski definition) is 0. The van der Waals surface area contributed by atoms with Crippen LogP contribution < -0.4 is 0 Å². The van der Waals surface area contributed by atoms with E-state index in [0.29, 0.717) is 5.92 Å². The summed E-state index contributed by atoms with van der Waals surface area (Å²) in [5, 5.41) is 0.955. The van der Waals surface area contributed by atoms with E-state index in [1.165, 1.54) is 12.8 Å². The Hall–Kier alpha value is -1.70. The first kappa shape index (κ1) is 8.60. The fourth-order valence-electron chi connectivity index (χ4n) is 1.91. The highest BCUT2D eigenvalue weighted by molar-refractivity contribution is 5.96. The van der Waals surface area contributed by atoms with Crippen molar-refractivity contribution in [2.24, 2.45) is 0 Å². The number of fused-ring (bicyclic) bond motifs is 1. The van der Waals surface area contributed by atoms with Crippen LogP contribution in [0.25, 0.3) is 10.9 Å². The highest BCUT2D eigenvalue weighted by Crippen LogP contribution is 2.39. The maximum atomic E-state index is 11.0. The van der Waals surface area contributed by atoms with Crippen LogP contribution in [0.3, 0.4) is 0 Å². The number of carbonyl (C=O) groups is 1. The van der Waals surface area contributed by atoms with Gasteiger partial charge in [0.05, 0.1) is 5.52 Å². The van der Waals surface area contributed by atoms with Crippen molar-refractivity contribution in [1.29, 1.82) is 0 Å². The van der Waals surface area contributed by atoms with E-state index in [1.807, 2.05) is 30.3 Å². The maximum Gasteiger partial charge on any atom is 0.150 e. The number of hydrogen-bond acceptors (Lipinski definition) is 2. The summed E-state index contributed by atoms with van der Waals surface area (Å²) < 4.78 is 0. The zero-order chi connectivity index (χ0) is 10.3. The molecule has 1 saturated carbocycles. The third kappa shape index (κ3) is 1.42. The lowest BCUT2D eigenvalue weighted by molar-refractivity contribution is 0.112. The molecule has 74 valence electrons. The number of aromatic nitrogens is 1. The van der Waals surface area contributed by atoms with Crippen LogP contribution >= 0.6 is 0 Å². The van der Waals surface area contributed by atoms with Gasteiger partial charge in [0, 0.05) is 22.6 Å². The number of carbonyl (C=O) groups excluding carboxylic acids is 1. The molecule has 0 amide bonds. The number of pyridine rings is 1. The van der Waals surface area contributed by atoms with Crippen molar-refractivity contribution in [2.45, 2.75) is 18.8 Å². The highest BCUT2D eigenvalue weighted by atomic mass is 16.1. The first-order valence-electron chi connectivity index (χ1n) is 5.23. The Morgan fingerprint density at radius 3 is 2.80 bits per heavy atom. The molecule has 0 unspecified atom stereocenters. The molecule has 2 nitrogen and oxygen atoms in total. The molecule has 1 aliphatic carbocycles. The summed E-state index contributed by atoms with van der Waals surface area (Å²) in [7, 11) is 0. The van der Waals surface area contributed by atoms with Crippen LogP contribution in [0.2, 0.25) is 0 Å². The van der Waals surface area contributed by atoms with Crippen molar-refractivity contribution in [3.8, 4) is 0 Å². The first-order chi connectivity index (χ1) is 7.38. The van der Waals surface area contributed by atoms with Crippen molar-refractivity contribution in [2.75, 3.05) is 0 Å². The van der Waals surface area contributed by atoms with E-state index in [1.54, 1.807) is 0 Å². The first-order valence-corrected chi connectivity index (χ1v) is 5.23. The molecule has 3 rings (SSSR count). The van der Waals surface area contributed by atoms with E-state index < -0.39 is 0 Å². The zero-order valence-electron chi connectivity index (χ0n) is 8.31. The van der Waals surface area contributed by atoms with Gasteiger partial charge in [-0.25, -0.2) is 0 Å². The Morgan fingerprint density at radius 1 is 1.27 bits per heavy atom. The van der Waals surface area contributed by atoms with Crippen molar-refractivity contribution in [3.63, 3.8) is 0 Å². The molecule has 0 bridgehead atoms. The molecule has 0 N–H and O–H groups in total. The number of nitrogens with zero attached hydrogens (tertiary/aromatic N) is 1. The average molecular weight is 197 g/mol. The second-order valence-electron chi connectivity index (χ2n) is 4.05. The topological polar surface area (TPSA) is 30.0 Å². The molecule has 2 aromatic rings. The lowest BCUT2D eigenvalue weighted by Gasteiger charge is -2.03. The zero-order valence-corrected chi connectivity index (χ0v) is 8.31. The minimum absolute atomic E-state index is 0.591. The molecule has 1 aromatic heterocycles. The molecule has 1 aliphatic rings. The summed E-state index contributed by atoms with van der Waals surface area (Å²) in [6.45, 7) is 0. The lowest BCUT2D eigenvalue weighted by atomic mass is 10.1. The van der Waals surface area contributed by atoms with Crippen molar-refractivity contribution in [1.82, 2.24) is 4.98 Å². The Bertz CT molecular complexity index is 529. The van der Waals surface area contributed by atoms with Gasteiger partial charge in [-0.3, -0.25) is 9.78 Å². The monoisotopic (exact) mass is 197 g/mol.